The molecule has 1 aliphatic rings. The Kier molecular flexibility index (Phi) is 4.17. The molecule has 1 aromatic heterocycles. The average molecular weight is 219 g/mol. The molecule has 0 amide bonds. The number of anilines is 1. The monoisotopic (exact) mass is 219 g/mol. The van der Waals surface area contributed by atoms with Crippen molar-refractivity contribution < 1.29 is 0 Å². The predicted octanol–water partition coefficient (Wildman–Crippen LogP) is 2.19. The molecule has 0 bridgehead atoms. The molecule has 1 saturated heterocycles. The van der Waals surface area contributed by atoms with Crippen LogP contribution in [0.2, 0.25) is 0 Å². The molecular formula is C13H21N3. The highest BCUT2D eigenvalue weighted by Gasteiger charge is 2.11. The Bertz CT molecular complexity index is 319. The van der Waals surface area contributed by atoms with Crippen molar-refractivity contribution in [2.45, 2.75) is 26.2 Å². The molecule has 1 atom stereocenters. The van der Waals surface area contributed by atoms with Gasteiger partial charge in [0.05, 0.1) is 0 Å². The molecule has 0 aromatic carbocycles. The van der Waals surface area contributed by atoms with Gasteiger partial charge in [-0.1, -0.05) is 6.07 Å². The van der Waals surface area contributed by atoms with Gasteiger partial charge in [-0.3, -0.25) is 0 Å². The number of nitrogens with one attached hydrogen (secondary N) is 2. The minimum absolute atomic E-state index is 0.839. The second-order valence-electron chi connectivity index (χ2n) is 4.59. The fourth-order valence-corrected chi connectivity index (χ4v) is 2.22. The lowest BCUT2D eigenvalue weighted by Gasteiger charge is -2.22. The van der Waals surface area contributed by atoms with Crippen molar-refractivity contribution in [3.8, 4) is 0 Å². The van der Waals surface area contributed by atoms with Gasteiger partial charge in [0.15, 0.2) is 0 Å². The standard InChI is InChI=1S/C13H21N3/c1-11-4-2-6-13(16-11)15-9-7-12-5-3-8-14-10-12/h2,4,6,12,14H,3,5,7-10H2,1H3,(H,15,16). The third-order valence-corrected chi connectivity index (χ3v) is 3.15. The summed E-state index contributed by atoms with van der Waals surface area (Å²) >= 11 is 0. The van der Waals surface area contributed by atoms with E-state index in [1.165, 1.54) is 32.4 Å². The highest BCUT2D eigenvalue weighted by atomic mass is 15.0. The highest BCUT2D eigenvalue weighted by Crippen LogP contribution is 2.14. The van der Waals surface area contributed by atoms with Gasteiger partial charge < -0.3 is 10.6 Å². The van der Waals surface area contributed by atoms with Crippen molar-refractivity contribution in [3.63, 3.8) is 0 Å². The van der Waals surface area contributed by atoms with Gasteiger partial charge in [-0.2, -0.15) is 0 Å². The molecule has 0 aliphatic carbocycles. The second kappa shape index (κ2) is 5.85. The molecule has 2 N–H and O–H groups in total. The summed E-state index contributed by atoms with van der Waals surface area (Å²) in [5.41, 5.74) is 1.07. The normalized spacial score (nSPS) is 20.7. The van der Waals surface area contributed by atoms with E-state index in [1.54, 1.807) is 0 Å². The van der Waals surface area contributed by atoms with Crippen molar-refractivity contribution in [2.24, 2.45) is 5.92 Å². The third kappa shape index (κ3) is 3.49. The quantitative estimate of drug-likeness (QED) is 0.815. The molecule has 0 saturated carbocycles. The fourth-order valence-electron chi connectivity index (χ4n) is 2.22. The Morgan fingerprint density at radius 2 is 2.44 bits per heavy atom. The molecule has 0 spiro atoms. The van der Waals surface area contributed by atoms with E-state index in [2.05, 4.69) is 15.6 Å². The van der Waals surface area contributed by atoms with Crippen LogP contribution in [-0.4, -0.2) is 24.6 Å². The summed E-state index contributed by atoms with van der Waals surface area (Å²) in [5, 5.41) is 6.84. The Morgan fingerprint density at radius 3 is 3.19 bits per heavy atom. The summed E-state index contributed by atoms with van der Waals surface area (Å²) in [7, 11) is 0. The van der Waals surface area contributed by atoms with Crippen LogP contribution in [0.1, 0.15) is 25.0 Å². The van der Waals surface area contributed by atoms with E-state index in [9.17, 15) is 0 Å². The molecule has 1 aromatic rings. The first-order chi connectivity index (χ1) is 7.84. The van der Waals surface area contributed by atoms with Gasteiger partial charge in [0.2, 0.25) is 0 Å². The maximum Gasteiger partial charge on any atom is 0.126 e. The van der Waals surface area contributed by atoms with Crippen LogP contribution in [0.4, 0.5) is 5.82 Å². The Balaban J connectivity index is 1.71. The molecule has 2 rings (SSSR count). The minimum Gasteiger partial charge on any atom is -0.370 e. The minimum atomic E-state index is 0.839. The van der Waals surface area contributed by atoms with Gasteiger partial charge in [0.25, 0.3) is 0 Å². The second-order valence-corrected chi connectivity index (χ2v) is 4.59. The van der Waals surface area contributed by atoms with Crippen molar-refractivity contribution in [3.05, 3.63) is 23.9 Å². The molecule has 1 fully saturated rings. The van der Waals surface area contributed by atoms with Crippen LogP contribution in [0, 0.1) is 12.8 Å². The summed E-state index contributed by atoms with van der Waals surface area (Å²) in [6, 6.07) is 6.11. The van der Waals surface area contributed by atoms with Crippen LogP contribution in [0.25, 0.3) is 0 Å². The number of rotatable bonds is 4. The number of hydrogen-bond donors (Lipinski definition) is 2. The van der Waals surface area contributed by atoms with E-state index >= 15 is 0 Å². The Labute approximate surface area is 97.7 Å². The summed E-state index contributed by atoms with van der Waals surface area (Å²) in [6.07, 6.45) is 3.94. The van der Waals surface area contributed by atoms with Gasteiger partial charge in [-0.15, -0.1) is 0 Å². The lowest BCUT2D eigenvalue weighted by atomic mass is 9.96. The molecule has 3 heteroatoms. The van der Waals surface area contributed by atoms with Crippen molar-refractivity contribution in [1.29, 1.82) is 0 Å². The van der Waals surface area contributed by atoms with E-state index in [1.807, 2.05) is 25.1 Å². The Hall–Kier alpha value is -1.09. The zero-order valence-corrected chi connectivity index (χ0v) is 10.00. The fraction of sp³-hybridized carbons (Fsp3) is 0.615. The summed E-state index contributed by atoms with van der Waals surface area (Å²) in [6.45, 7) is 5.44. The van der Waals surface area contributed by atoms with Crippen LogP contribution in [-0.2, 0) is 0 Å². The van der Waals surface area contributed by atoms with Gasteiger partial charge >= 0.3 is 0 Å². The molecule has 2 heterocycles. The number of aromatic nitrogens is 1. The molecule has 88 valence electrons. The first kappa shape index (κ1) is 11.4. The maximum atomic E-state index is 4.43. The first-order valence-corrected chi connectivity index (χ1v) is 6.23. The lowest BCUT2D eigenvalue weighted by Crippen LogP contribution is -2.30. The number of hydrogen-bond acceptors (Lipinski definition) is 3. The van der Waals surface area contributed by atoms with Crippen LogP contribution < -0.4 is 10.6 Å². The average Bonchev–Trinajstić information content (AvgIpc) is 2.30. The first-order valence-electron chi connectivity index (χ1n) is 6.23. The number of nitrogens with zero attached hydrogens (tertiary/aromatic N) is 1. The maximum absolute atomic E-state index is 4.43. The number of aryl methyl sites for hydroxylation is 1. The molecule has 0 radical (unpaired) electrons. The largest absolute Gasteiger partial charge is 0.370 e. The summed E-state index contributed by atoms with van der Waals surface area (Å²) in [5.74, 6) is 1.84. The van der Waals surface area contributed by atoms with Crippen LogP contribution in [0.15, 0.2) is 18.2 Å². The van der Waals surface area contributed by atoms with Crippen molar-refractivity contribution >= 4 is 5.82 Å². The third-order valence-electron chi connectivity index (χ3n) is 3.15. The highest BCUT2D eigenvalue weighted by molar-refractivity contribution is 5.34. The van der Waals surface area contributed by atoms with Gasteiger partial charge in [0, 0.05) is 12.2 Å². The topological polar surface area (TPSA) is 37.0 Å². The van der Waals surface area contributed by atoms with Crippen molar-refractivity contribution in [2.75, 3.05) is 25.0 Å². The van der Waals surface area contributed by atoms with E-state index in [4.69, 9.17) is 0 Å². The summed E-state index contributed by atoms with van der Waals surface area (Å²) < 4.78 is 0. The molecule has 3 nitrogen and oxygen atoms in total. The van der Waals surface area contributed by atoms with E-state index < -0.39 is 0 Å². The SMILES string of the molecule is Cc1cccc(NCCC2CCCNC2)n1. The zero-order valence-electron chi connectivity index (χ0n) is 10.00. The van der Waals surface area contributed by atoms with Crippen LogP contribution in [0.3, 0.4) is 0 Å². The molecule has 1 aliphatic heterocycles. The van der Waals surface area contributed by atoms with Gasteiger partial charge in [-0.25, -0.2) is 4.98 Å². The van der Waals surface area contributed by atoms with Gasteiger partial charge in [-0.05, 0) is 57.3 Å². The van der Waals surface area contributed by atoms with Gasteiger partial charge in [0.1, 0.15) is 5.82 Å². The van der Waals surface area contributed by atoms with Crippen LogP contribution in [0.5, 0.6) is 0 Å². The predicted molar refractivity (Wildman–Crippen MR) is 67.7 cm³/mol. The van der Waals surface area contributed by atoms with E-state index in [0.717, 1.165) is 24.0 Å². The zero-order chi connectivity index (χ0) is 11.2. The lowest BCUT2D eigenvalue weighted by molar-refractivity contribution is 0.364. The molecule has 1 unspecified atom stereocenters. The van der Waals surface area contributed by atoms with E-state index in [-0.39, 0.29) is 0 Å². The smallest absolute Gasteiger partial charge is 0.126 e. The number of piperidine rings is 1. The van der Waals surface area contributed by atoms with Crippen molar-refractivity contribution in [1.82, 2.24) is 10.3 Å². The summed E-state index contributed by atoms with van der Waals surface area (Å²) in [4.78, 5) is 4.43. The molecule has 16 heavy (non-hydrogen) atoms. The van der Waals surface area contributed by atoms with E-state index in [0.29, 0.717) is 0 Å². The number of pyridine rings is 1. The van der Waals surface area contributed by atoms with Crippen LogP contribution >= 0.6 is 0 Å². The Morgan fingerprint density at radius 1 is 1.50 bits per heavy atom. The molecular weight excluding hydrogens is 198 g/mol.